The Morgan fingerprint density at radius 1 is 0.353 bits per heavy atom. The molecule has 0 unspecified atom stereocenters. The molecule has 0 aliphatic heterocycles. The van der Waals surface area contributed by atoms with Crippen LogP contribution in [0.3, 0.4) is 0 Å². The van der Waals surface area contributed by atoms with Crippen LogP contribution in [-0.4, -0.2) is 34.5 Å². The Morgan fingerprint density at radius 2 is 0.882 bits per heavy atom. The lowest BCUT2D eigenvalue weighted by molar-refractivity contribution is 1.07. The van der Waals surface area contributed by atoms with Crippen LogP contribution >= 0.6 is 11.3 Å². The summed E-state index contributed by atoms with van der Waals surface area (Å²) in [7, 11) is 0. The molecule has 6 heterocycles. The number of hydrogen-bond acceptors (Lipinski definition) is 7. The van der Waals surface area contributed by atoms with E-state index >= 15 is 0 Å². The van der Waals surface area contributed by atoms with Crippen LogP contribution in [0.2, 0.25) is 0 Å². The van der Waals surface area contributed by atoms with Crippen molar-refractivity contribution in [3.05, 3.63) is 225 Å². The number of para-hydroxylation sites is 2. The van der Waals surface area contributed by atoms with Crippen LogP contribution in [0.1, 0.15) is 0 Å². The zero-order chi connectivity index (χ0) is 45.0. The van der Waals surface area contributed by atoms with E-state index in [-0.39, 0.29) is 0 Å². The van der Waals surface area contributed by atoms with Crippen LogP contribution in [0, 0.1) is 0 Å². The summed E-state index contributed by atoms with van der Waals surface area (Å²) < 4.78 is 3.50. The van der Waals surface area contributed by atoms with E-state index in [1.54, 1.807) is 11.3 Å². The Labute approximate surface area is 395 Å². The minimum atomic E-state index is 0.603. The van der Waals surface area contributed by atoms with Crippen LogP contribution in [0.15, 0.2) is 225 Å². The summed E-state index contributed by atoms with van der Waals surface area (Å²) in [6.45, 7) is 0. The average Bonchev–Trinajstić information content (AvgIpc) is 3.99. The van der Waals surface area contributed by atoms with E-state index in [2.05, 4.69) is 178 Å². The van der Waals surface area contributed by atoms with Gasteiger partial charge < -0.3 is 4.57 Å². The normalized spacial score (nSPS) is 11.5. The van der Waals surface area contributed by atoms with Gasteiger partial charge in [0.05, 0.1) is 22.2 Å². The summed E-state index contributed by atoms with van der Waals surface area (Å²) in [5.74, 6) is 1.83. The number of nitrogens with zero attached hydrogens (tertiary/aromatic N) is 7. The second kappa shape index (κ2) is 16.5. The maximum atomic E-state index is 5.42. The zero-order valence-corrected chi connectivity index (χ0v) is 37.2. The van der Waals surface area contributed by atoms with Crippen molar-refractivity contribution in [2.45, 2.75) is 0 Å². The molecule has 7 aromatic carbocycles. The first-order chi connectivity index (χ1) is 33.7. The van der Waals surface area contributed by atoms with E-state index in [4.69, 9.17) is 19.9 Å². The molecular formula is C60H37N7S. The molecule has 0 saturated carbocycles. The standard InChI is InChI=1S/C60H37N7S/c1-3-12-40(13-4-1)55-54-53(39-28-32-61-33-29-39)56(41-30-34-62-35-31-41)68-57(54)49-37-44(26-27-50(49)63-55)38-22-24-43(25-23-38)59-64-58(42-14-5-2-6-15-42)65-60(66-59)45-16-11-17-46(36-45)67-51-20-9-7-18-47(51)48-19-8-10-21-52(48)67/h1-37H. The second-order valence-electron chi connectivity index (χ2n) is 16.7. The molecule has 0 fully saturated rings. The van der Waals surface area contributed by atoms with Crippen molar-refractivity contribution >= 4 is 54.1 Å². The highest BCUT2D eigenvalue weighted by Crippen LogP contribution is 2.50. The predicted octanol–water partition coefficient (Wildman–Crippen LogP) is 15.2. The van der Waals surface area contributed by atoms with Crippen molar-refractivity contribution in [2.75, 3.05) is 0 Å². The van der Waals surface area contributed by atoms with E-state index in [0.717, 1.165) is 88.8 Å². The van der Waals surface area contributed by atoms with Crippen molar-refractivity contribution in [1.82, 2.24) is 34.5 Å². The van der Waals surface area contributed by atoms with Crippen molar-refractivity contribution in [3.8, 4) is 83.8 Å². The number of hydrogen-bond donors (Lipinski definition) is 0. The Morgan fingerprint density at radius 3 is 1.54 bits per heavy atom. The SMILES string of the molecule is c1ccc(-c2nc(-c3ccc(-c4ccc5nc(-c6ccccc6)c6c(-c7ccncc7)c(-c7ccncc7)sc6c5c4)cc3)nc(-c3cccc(-n4c5ccccc5c5ccccc54)c3)n2)cc1. The molecule has 0 N–H and O–H groups in total. The van der Waals surface area contributed by atoms with E-state index in [1.165, 1.54) is 20.3 Å². The fraction of sp³-hybridized carbons (Fsp3) is 0. The van der Waals surface area contributed by atoms with Crippen LogP contribution in [-0.2, 0) is 0 Å². The molecule has 0 spiro atoms. The van der Waals surface area contributed by atoms with Gasteiger partial charge >= 0.3 is 0 Å². The van der Waals surface area contributed by atoms with Gasteiger partial charge in [-0.15, -0.1) is 11.3 Å². The van der Waals surface area contributed by atoms with Crippen molar-refractivity contribution in [3.63, 3.8) is 0 Å². The maximum Gasteiger partial charge on any atom is 0.164 e. The molecule has 0 amide bonds. The van der Waals surface area contributed by atoms with Gasteiger partial charge in [-0.3, -0.25) is 9.97 Å². The molecule has 68 heavy (non-hydrogen) atoms. The summed E-state index contributed by atoms with van der Waals surface area (Å²) in [5, 5.41) is 4.65. The number of thiophene rings is 1. The summed E-state index contributed by atoms with van der Waals surface area (Å²) in [6, 6.07) is 69.7. The van der Waals surface area contributed by atoms with Crippen molar-refractivity contribution in [1.29, 1.82) is 0 Å². The summed E-state index contributed by atoms with van der Waals surface area (Å²) >= 11 is 1.80. The maximum absolute atomic E-state index is 5.42. The minimum Gasteiger partial charge on any atom is -0.309 e. The van der Waals surface area contributed by atoms with Gasteiger partial charge in [0.1, 0.15) is 0 Å². The minimum absolute atomic E-state index is 0.603. The molecule has 318 valence electrons. The largest absolute Gasteiger partial charge is 0.309 e. The van der Waals surface area contributed by atoms with Gasteiger partial charge in [-0.2, -0.15) is 0 Å². The molecule has 0 aliphatic rings. The first kappa shape index (κ1) is 39.4. The molecule has 13 aromatic rings. The monoisotopic (exact) mass is 887 g/mol. The van der Waals surface area contributed by atoms with Gasteiger partial charge in [-0.1, -0.05) is 140 Å². The number of rotatable bonds is 8. The van der Waals surface area contributed by atoms with Gasteiger partial charge in [0.2, 0.25) is 0 Å². The number of benzene rings is 7. The molecular weight excluding hydrogens is 851 g/mol. The molecule has 0 radical (unpaired) electrons. The molecule has 6 aromatic heterocycles. The Hall–Kier alpha value is -8.98. The zero-order valence-electron chi connectivity index (χ0n) is 36.4. The molecule has 13 rings (SSSR count). The van der Waals surface area contributed by atoms with Gasteiger partial charge in [0.15, 0.2) is 17.5 Å². The molecule has 0 saturated heterocycles. The highest BCUT2D eigenvalue weighted by atomic mass is 32.1. The smallest absolute Gasteiger partial charge is 0.164 e. The average molecular weight is 888 g/mol. The lowest BCUT2D eigenvalue weighted by atomic mass is 9.95. The van der Waals surface area contributed by atoms with Crippen molar-refractivity contribution < 1.29 is 0 Å². The van der Waals surface area contributed by atoms with E-state index in [9.17, 15) is 0 Å². The molecule has 8 heteroatoms. The first-order valence-corrected chi connectivity index (χ1v) is 23.3. The fourth-order valence-electron chi connectivity index (χ4n) is 9.47. The number of aromatic nitrogens is 7. The summed E-state index contributed by atoms with van der Waals surface area (Å²) in [6.07, 6.45) is 7.44. The molecule has 0 aliphatic carbocycles. The summed E-state index contributed by atoms with van der Waals surface area (Å²) in [5.41, 5.74) is 14.5. The third-order valence-corrected chi connectivity index (χ3v) is 13.9. The number of pyridine rings is 3. The predicted molar refractivity (Wildman–Crippen MR) is 278 cm³/mol. The van der Waals surface area contributed by atoms with Crippen LogP contribution < -0.4 is 0 Å². The van der Waals surface area contributed by atoms with E-state index < -0.39 is 0 Å². The summed E-state index contributed by atoms with van der Waals surface area (Å²) in [4.78, 5) is 30.7. The lowest BCUT2D eigenvalue weighted by Gasteiger charge is -2.12. The van der Waals surface area contributed by atoms with Gasteiger partial charge in [-0.25, -0.2) is 19.9 Å². The van der Waals surface area contributed by atoms with Gasteiger partial charge in [0.25, 0.3) is 0 Å². The number of fused-ring (bicyclic) bond motifs is 6. The Kier molecular flexibility index (Phi) is 9.54. The Balaban J connectivity index is 0.930. The van der Waals surface area contributed by atoms with Gasteiger partial charge in [0, 0.05) is 89.4 Å². The van der Waals surface area contributed by atoms with Crippen LogP contribution in [0.4, 0.5) is 0 Å². The molecule has 7 nitrogen and oxygen atoms in total. The van der Waals surface area contributed by atoms with Crippen molar-refractivity contribution in [2.24, 2.45) is 0 Å². The quantitative estimate of drug-likeness (QED) is 0.151. The third kappa shape index (κ3) is 6.82. The highest BCUT2D eigenvalue weighted by molar-refractivity contribution is 7.24. The van der Waals surface area contributed by atoms with E-state index in [1.807, 2.05) is 61.2 Å². The topological polar surface area (TPSA) is 82.3 Å². The Bertz CT molecular complexity index is 3950. The van der Waals surface area contributed by atoms with E-state index in [0.29, 0.717) is 17.5 Å². The fourth-order valence-corrected chi connectivity index (χ4v) is 10.8. The second-order valence-corrected chi connectivity index (χ2v) is 17.7. The van der Waals surface area contributed by atoms with Gasteiger partial charge in [-0.05, 0) is 82.9 Å². The van der Waals surface area contributed by atoms with Crippen LogP contribution in [0.25, 0.3) is 127 Å². The molecule has 0 bridgehead atoms. The lowest BCUT2D eigenvalue weighted by Crippen LogP contribution is -2.01. The highest BCUT2D eigenvalue weighted by Gasteiger charge is 2.23. The van der Waals surface area contributed by atoms with Crippen LogP contribution in [0.5, 0.6) is 0 Å². The molecule has 0 atom stereocenters. The third-order valence-electron chi connectivity index (χ3n) is 12.7. The first-order valence-electron chi connectivity index (χ1n) is 22.5.